The number of hydrogen-bond acceptors (Lipinski definition) is 5. The lowest BCUT2D eigenvalue weighted by atomic mass is 10.00. The molecule has 0 bridgehead atoms. The highest BCUT2D eigenvalue weighted by Gasteiger charge is 2.17. The molecule has 0 aliphatic carbocycles. The lowest BCUT2D eigenvalue weighted by Crippen LogP contribution is -2.05. The van der Waals surface area contributed by atoms with Gasteiger partial charge in [-0.2, -0.15) is 5.26 Å². The number of aromatic nitrogens is 1. The average molecular weight is 268 g/mol. The number of carbonyl (C=O) groups excluding carboxylic acids is 1. The zero-order valence-corrected chi connectivity index (χ0v) is 11.1. The van der Waals surface area contributed by atoms with Crippen molar-refractivity contribution >= 4 is 5.97 Å². The smallest absolute Gasteiger partial charge is 0.340 e. The molecule has 2 aromatic rings. The summed E-state index contributed by atoms with van der Waals surface area (Å²) in [7, 11) is 2.84. The Morgan fingerprint density at radius 3 is 2.65 bits per heavy atom. The summed E-state index contributed by atoms with van der Waals surface area (Å²) >= 11 is 0. The molecule has 0 aliphatic heterocycles. The Hall–Kier alpha value is -2.87. The minimum atomic E-state index is -0.511. The third kappa shape index (κ3) is 2.45. The summed E-state index contributed by atoms with van der Waals surface area (Å²) in [5, 5.41) is 8.96. The summed E-state index contributed by atoms with van der Waals surface area (Å²) in [4.78, 5) is 15.7. The molecule has 0 fully saturated rings. The molecule has 0 aliphatic rings. The van der Waals surface area contributed by atoms with Gasteiger partial charge in [-0.3, -0.25) is 0 Å². The normalized spacial score (nSPS) is 9.65. The first-order valence-electron chi connectivity index (χ1n) is 5.83. The number of benzene rings is 1. The van der Waals surface area contributed by atoms with E-state index in [1.54, 1.807) is 19.2 Å². The van der Waals surface area contributed by atoms with Crippen LogP contribution >= 0.6 is 0 Å². The Kier molecular flexibility index (Phi) is 3.96. The van der Waals surface area contributed by atoms with Crippen LogP contribution in [-0.4, -0.2) is 25.2 Å². The Bertz CT molecular complexity index is 690. The predicted octanol–water partition coefficient (Wildman–Crippen LogP) is 2.42. The highest BCUT2D eigenvalue weighted by atomic mass is 16.5. The molecule has 0 N–H and O–H groups in total. The van der Waals surface area contributed by atoms with Crippen molar-refractivity contribution in [3.05, 3.63) is 47.8 Å². The van der Waals surface area contributed by atoms with Crippen LogP contribution in [0, 0.1) is 11.3 Å². The largest absolute Gasteiger partial charge is 0.496 e. The Labute approximate surface area is 116 Å². The van der Waals surface area contributed by atoms with Crippen LogP contribution < -0.4 is 4.74 Å². The van der Waals surface area contributed by atoms with Gasteiger partial charge in [0.25, 0.3) is 0 Å². The number of hydrogen-bond donors (Lipinski definition) is 0. The fourth-order valence-electron chi connectivity index (χ4n) is 1.88. The number of ether oxygens (including phenoxy) is 2. The maximum Gasteiger partial charge on any atom is 0.340 e. The molecule has 100 valence electrons. The van der Waals surface area contributed by atoms with E-state index < -0.39 is 5.97 Å². The van der Waals surface area contributed by atoms with Gasteiger partial charge in [0, 0.05) is 17.3 Å². The van der Waals surface area contributed by atoms with Crippen LogP contribution in [0.3, 0.4) is 0 Å². The lowest BCUT2D eigenvalue weighted by molar-refractivity contribution is 0.0601. The highest BCUT2D eigenvalue weighted by Crippen LogP contribution is 2.32. The average Bonchev–Trinajstić information content (AvgIpc) is 2.53. The third-order valence-electron chi connectivity index (χ3n) is 2.82. The van der Waals surface area contributed by atoms with Crippen LogP contribution in [0.1, 0.15) is 16.1 Å². The van der Waals surface area contributed by atoms with Crippen molar-refractivity contribution in [1.29, 1.82) is 5.26 Å². The molecule has 2 rings (SSSR count). The first-order valence-corrected chi connectivity index (χ1v) is 5.83. The van der Waals surface area contributed by atoms with Crippen molar-refractivity contribution in [2.24, 2.45) is 0 Å². The van der Waals surface area contributed by atoms with Gasteiger partial charge in [0.05, 0.1) is 19.8 Å². The van der Waals surface area contributed by atoms with E-state index in [1.165, 1.54) is 13.3 Å². The number of carbonyl (C=O) groups is 1. The number of nitrogens with zero attached hydrogens (tertiary/aromatic N) is 2. The summed E-state index contributed by atoms with van der Waals surface area (Å²) in [5.74, 6) is 0.0932. The number of pyridine rings is 1. The summed E-state index contributed by atoms with van der Waals surface area (Å²) in [6.07, 6.45) is 1.34. The van der Waals surface area contributed by atoms with E-state index in [0.29, 0.717) is 16.9 Å². The second-order valence-corrected chi connectivity index (χ2v) is 3.92. The summed E-state index contributed by atoms with van der Waals surface area (Å²) < 4.78 is 10.0. The van der Waals surface area contributed by atoms with Crippen molar-refractivity contribution in [3.8, 4) is 22.9 Å². The van der Waals surface area contributed by atoms with Gasteiger partial charge in [-0.15, -0.1) is 0 Å². The minimum Gasteiger partial charge on any atom is -0.496 e. The quantitative estimate of drug-likeness (QED) is 0.799. The van der Waals surface area contributed by atoms with Gasteiger partial charge in [-0.1, -0.05) is 18.2 Å². The number of nitriles is 1. The van der Waals surface area contributed by atoms with Crippen molar-refractivity contribution in [2.75, 3.05) is 14.2 Å². The first kappa shape index (κ1) is 13.6. The minimum absolute atomic E-state index is 0.221. The van der Waals surface area contributed by atoms with E-state index in [2.05, 4.69) is 4.98 Å². The highest BCUT2D eigenvalue weighted by molar-refractivity contribution is 5.98. The summed E-state index contributed by atoms with van der Waals surface area (Å²) in [6.45, 7) is 0. The Morgan fingerprint density at radius 2 is 2.00 bits per heavy atom. The number of esters is 1. The number of methoxy groups -OCH3 is 2. The van der Waals surface area contributed by atoms with E-state index in [1.807, 2.05) is 24.3 Å². The second-order valence-electron chi connectivity index (χ2n) is 3.92. The molecule has 1 heterocycles. The maximum atomic E-state index is 11.8. The van der Waals surface area contributed by atoms with E-state index in [0.717, 1.165) is 0 Å². The van der Waals surface area contributed by atoms with E-state index in [9.17, 15) is 4.79 Å². The van der Waals surface area contributed by atoms with Crippen LogP contribution in [0.4, 0.5) is 0 Å². The SMILES string of the molecule is COC(=O)c1cnc(C#N)cc1-c1ccccc1OC. The summed E-state index contributed by atoms with van der Waals surface area (Å²) in [5.41, 5.74) is 1.77. The predicted molar refractivity (Wildman–Crippen MR) is 72.3 cm³/mol. The molecule has 0 saturated heterocycles. The van der Waals surface area contributed by atoms with Crippen molar-refractivity contribution in [2.45, 2.75) is 0 Å². The standard InChI is InChI=1S/C15H12N2O3/c1-19-14-6-4-3-5-11(14)12-7-10(8-16)17-9-13(12)15(18)20-2/h3-7,9H,1-2H3. The number of para-hydroxylation sites is 1. The Balaban J connectivity index is 2.70. The Morgan fingerprint density at radius 1 is 1.25 bits per heavy atom. The maximum absolute atomic E-state index is 11.8. The van der Waals surface area contributed by atoms with Crippen molar-refractivity contribution < 1.29 is 14.3 Å². The van der Waals surface area contributed by atoms with Crippen LogP contribution in [0.5, 0.6) is 5.75 Å². The molecule has 20 heavy (non-hydrogen) atoms. The molecule has 0 amide bonds. The van der Waals surface area contributed by atoms with Gasteiger partial charge in [0.2, 0.25) is 0 Å². The van der Waals surface area contributed by atoms with Gasteiger partial charge in [-0.25, -0.2) is 9.78 Å². The molecule has 0 atom stereocenters. The molecule has 5 heteroatoms. The number of rotatable bonds is 3. The van der Waals surface area contributed by atoms with E-state index >= 15 is 0 Å². The van der Waals surface area contributed by atoms with Crippen LogP contribution in [0.25, 0.3) is 11.1 Å². The molecule has 1 aromatic heterocycles. The molecule has 5 nitrogen and oxygen atoms in total. The van der Waals surface area contributed by atoms with Crippen molar-refractivity contribution in [1.82, 2.24) is 4.98 Å². The van der Waals surface area contributed by atoms with E-state index in [-0.39, 0.29) is 11.3 Å². The fraction of sp³-hybridized carbons (Fsp3) is 0.133. The topological polar surface area (TPSA) is 72.2 Å². The van der Waals surface area contributed by atoms with E-state index in [4.69, 9.17) is 14.7 Å². The molecule has 0 saturated carbocycles. The van der Waals surface area contributed by atoms with Gasteiger partial charge < -0.3 is 9.47 Å². The zero-order valence-electron chi connectivity index (χ0n) is 11.1. The van der Waals surface area contributed by atoms with Gasteiger partial charge in [0.1, 0.15) is 17.5 Å². The molecular formula is C15H12N2O3. The molecule has 0 unspecified atom stereocenters. The lowest BCUT2D eigenvalue weighted by Gasteiger charge is -2.11. The fourth-order valence-corrected chi connectivity index (χ4v) is 1.88. The summed E-state index contributed by atoms with van der Waals surface area (Å²) in [6, 6.07) is 10.7. The molecular weight excluding hydrogens is 256 g/mol. The molecule has 0 spiro atoms. The molecule has 0 radical (unpaired) electrons. The van der Waals surface area contributed by atoms with Crippen molar-refractivity contribution in [3.63, 3.8) is 0 Å². The van der Waals surface area contributed by atoms with Crippen LogP contribution in [0.15, 0.2) is 36.5 Å². The monoisotopic (exact) mass is 268 g/mol. The first-order chi connectivity index (χ1) is 9.71. The third-order valence-corrected chi connectivity index (χ3v) is 2.82. The van der Waals surface area contributed by atoms with Crippen LogP contribution in [0.2, 0.25) is 0 Å². The second kappa shape index (κ2) is 5.85. The van der Waals surface area contributed by atoms with Crippen LogP contribution in [-0.2, 0) is 4.74 Å². The van der Waals surface area contributed by atoms with Gasteiger partial charge in [-0.05, 0) is 12.1 Å². The van der Waals surface area contributed by atoms with Gasteiger partial charge in [0.15, 0.2) is 0 Å². The zero-order chi connectivity index (χ0) is 14.5. The van der Waals surface area contributed by atoms with Gasteiger partial charge >= 0.3 is 5.97 Å². The molecule has 1 aromatic carbocycles.